The van der Waals surface area contributed by atoms with Gasteiger partial charge >= 0.3 is 6.18 Å². The molecule has 0 spiro atoms. The molecule has 2 aliphatic carbocycles. The number of halogens is 3. The molecule has 40 heavy (non-hydrogen) atoms. The maximum Gasteiger partial charge on any atom is 0.416 e. The highest BCUT2D eigenvalue weighted by Gasteiger charge is 2.60. The van der Waals surface area contributed by atoms with Crippen LogP contribution in [0.3, 0.4) is 0 Å². The molecule has 0 bridgehead atoms. The summed E-state index contributed by atoms with van der Waals surface area (Å²) >= 11 is 0. The van der Waals surface area contributed by atoms with Gasteiger partial charge in [-0.15, -0.1) is 0 Å². The van der Waals surface area contributed by atoms with Crippen LogP contribution >= 0.6 is 0 Å². The summed E-state index contributed by atoms with van der Waals surface area (Å²) in [4.78, 5) is 26.6. The molecule has 2 heterocycles. The minimum Gasteiger partial charge on any atom is -0.334 e. The monoisotopic (exact) mass is 578 g/mol. The molecule has 12 heteroatoms. The van der Waals surface area contributed by atoms with Crippen molar-refractivity contribution >= 4 is 27.4 Å². The average Bonchev–Trinajstić information content (AvgIpc) is 3.81. The van der Waals surface area contributed by atoms with E-state index in [4.69, 9.17) is 0 Å². The second-order valence-electron chi connectivity index (χ2n) is 11.1. The molecule has 1 aromatic carbocycles. The standard InChI is InChI=1S/C28H33F3N4O4S/c1-2-3-4-5-18-8-10-20(11-9-18)27(28(29,30)31)16-22(23-14-15-35(33-23)17-19-6-7-19)24(25(36)32-27)26(37)34-40(38,39)21-12-13-21/h8-11,14-15,19,21H,2-7,12-13,16-17H2,1H3,(H,32,36)(H,34,37)/t27-/m0/s1. The number of rotatable bonds is 11. The van der Waals surface area contributed by atoms with E-state index in [9.17, 15) is 31.2 Å². The van der Waals surface area contributed by atoms with Gasteiger partial charge in [-0.1, -0.05) is 44.0 Å². The van der Waals surface area contributed by atoms with Crippen LogP contribution < -0.4 is 10.0 Å². The summed E-state index contributed by atoms with van der Waals surface area (Å²) in [6.45, 7) is 2.64. The zero-order chi connectivity index (χ0) is 28.7. The van der Waals surface area contributed by atoms with Gasteiger partial charge in [0, 0.05) is 24.7 Å². The fourth-order valence-corrected chi connectivity index (χ4v) is 6.41. The lowest BCUT2D eigenvalue weighted by molar-refractivity contribution is -0.202. The van der Waals surface area contributed by atoms with E-state index in [0.717, 1.165) is 44.1 Å². The van der Waals surface area contributed by atoms with E-state index in [1.165, 1.54) is 18.2 Å². The predicted molar refractivity (Wildman–Crippen MR) is 142 cm³/mol. The molecule has 5 rings (SSSR count). The highest BCUT2D eigenvalue weighted by Crippen LogP contribution is 2.48. The number of carbonyl (C=O) groups excluding carboxylic acids is 2. The van der Waals surface area contributed by atoms with E-state index in [2.05, 4.69) is 17.3 Å². The number of unbranched alkanes of at least 4 members (excludes halogenated alkanes) is 2. The van der Waals surface area contributed by atoms with Crippen molar-refractivity contribution in [2.75, 3.05) is 0 Å². The van der Waals surface area contributed by atoms with Crippen molar-refractivity contribution in [3.8, 4) is 0 Å². The lowest BCUT2D eigenvalue weighted by atomic mass is 9.77. The first-order chi connectivity index (χ1) is 18.9. The third-order valence-corrected chi connectivity index (χ3v) is 9.63. The highest BCUT2D eigenvalue weighted by atomic mass is 32.2. The number of amides is 2. The molecule has 0 unspecified atom stereocenters. The molecule has 2 aromatic rings. The summed E-state index contributed by atoms with van der Waals surface area (Å²) in [7, 11) is -4.05. The SMILES string of the molecule is CCCCCc1ccc([C@]2(C(F)(F)F)CC(c3ccn(CC4CC4)n3)=C(C(=O)NS(=O)(=O)C3CC3)C(=O)N2)cc1. The third kappa shape index (κ3) is 5.82. The van der Waals surface area contributed by atoms with E-state index >= 15 is 0 Å². The number of alkyl halides is 3. The quantitative estimate of drug-likeness (QED) is 0.304. The lowest BCUT2D eigenvalue weighted by Gasteiger charge is -2.41. The molecule has 8 nitrogen and oxygen atoms in total. The molecular weight excluding hydrogens is 545 g/mol. The second kappa shape index (κ2) is 10.7. The van der Waals surface area contributed by atoms with Gasteiger partial charge in [-0.2, -0.15) is 18.3 Å². The Bertz CT molecular complexity index is 1420. The molecule has 0 radical (unpaired) electrons. The van der Waals surface area contributed by atoms with Crippen LogP contribution in [0.5, 0.6) is 0 Å². The van der Waals surface area contributed by atoms with Crippen molar-refractivity contribution in [1.82, 2.24) is 19.8 Å². The normalized spacial score (nSPS) is 21.9. The summed E-state index contributed by atoms with van der Waals surface area (Å²) in [5.74, 6) is -2.13. The van der Waals surface area contributed by atoms with Crippen molar-refractivity contribution in [2.45, 2.75) is 88.2 Å². The summed E-state index contributed by atoms with van der Waals surface area (Å²) in [5, 5.41) is 5.71. The molecule has 2 saturated carbocycles. The summed E-state index contributed by atoms with van der Waals surface area (Å²) in [5.41, 5.74) is -3.00. The Morgan fingerprint density at radius 1 is 1.12 bits per heavy atom. The zero-order valence-electron chi connectivity index (χ0n) is 22.3. The van der Waals surface area contributed by atoms with Crippen LogP contribution in [-0.2, 0) is 38.1 Å². The van der Waals surface area contributed by atoms with Crippen molar-refractivity contribution in [3.63, 3.8) is 0 Å². The van der Waals surface area contributed by atoms with E-state index in [1.807, 2.05) is 4.72 Å². The predicted octanol–water partition coefficient (Wildman–Crippen LogP) is 4.37. The number of benzene rings is 1. The van der Waals surface area contributed by atoms with Crippen LogP contribution in [0.2, 0.25) is 0 Å². The van der Waals surface area contributed by atoms with Crippen LogP contribution in [0.4, 0.5) is 13.2 Å². The molecular formula is C28H33F3N4O4S. The van der Waals surface area contributed by atoms with Gasteiger partial charge in [-0.3, -0.25) is 14.3 Å². The van der Waals surface area contributed by atoms with Gasteiger partial charge in [0.15, 0.2) is 5.54 Å². The third-order valence-electron chi connectivity index (χ3n) is 7.81. The minimum atomic E-state index is -4.93. The number of nitrogens with one attached hydrogen (secondary N) is 2. The number of aromatic nitrogens is 2. The molecule has 216 valence electrons. The maximum absolute atomic E-state index is 14.9. The van der Waals surface area contributed by atoms with Crippen LogP contribution in [0.25, 0.3) is 5.57 Å². The molecule has 2 amide bonds. The molecule has 1 aromatic heterocycles. The first kappa shape index (κ1) is 28.4. The van der Waals surface area contributed by atoms with E-state index in [0.29, 0.717) is 25.3 Å². The van der Waals surface area contributed by atoms with E-state index in [1.54, 1.807) is 23.0 Å². The number of carbonyl (C=O) groups is 2. The first-order valence-corrected chi connectivity index (χ1v) is 15.3. The van der Waals surface area contributed by atoms with Crippen molar-refractivity contribution in [3.05, 3.63) is 58.9 Å². The van der Waals surface area contributed by atoms with E-state index in [-0.39, 0.29) is 16.8 Å². The zero-order valence-corrected chi connectivity index (χ0v) is 23.1. The first-order valence-electron chi connectivity index (χ1n) is 13.7. The second-order valence-corrected chi connectivity index (χ2v) is 13.0. The van der Waals surface area contributed by atoms with Gasteiger partial charge in [-0.25, -0.2) is 13.1 Å². The Balaban J connectivity index is 1.55. The van der Waals surface area contributed by atoms with Crippen molar-refractivity contribution in [1.29, 1.82) is 0 Å². The Morgan fingerprint density at radius 3 is 2.42 bits per heavy atom. The van der Waals surface area contributed by atoms with Crippen LogP contribution in [0.15, 0.2) is 42.1 Å². The summed E-state index contributed by atoms with van der Waals surface area (Å²) in [6.07, 6.45) is 2.31. The van der Waals surface area contributed by atoms with Gasteiger partial charge < -0.3 is 5.32 Å². The largest absolute Gasteiger partial charge is 0.416 e. The number of aryl methyl sites for hydroxylation is 1. The number of nitrogens with zero attached hydrogens (tertiary/aromatic N) is 2. The molecule has 2 fully saturated rings. The smallest absolute Gasteiger partial charge is 0.334 e. The number of sulfonamides is 1. The Hall–Kier alpha value is -3.15. The van der Waals surface area contributed by atoms with Crippen LogP contribution in [0.1, 0.15) is 75.1 Å². The Morgan fingerprint density at radius 2 is 1.82 bits per heavy atom. The Kier molecular flexibility index (Phi) is 7.58. The fraction of sp³-hybridized carbons (Fsp3) is 0.536. The minimum absolute atomic E-state index is 0.0364. The summed E-state index contributed by atoms with van der Waals surface area (Å²) in [6, 6.07) is 7.45. The molecule has 2 N–H and O–H groups in total. The van der Waals surface area contributed by atoms with E-state index < -0.39 is 50.8 Å². The maximum atomic E-state index is 14.9. The molecule has 3 aliphatic rings. The van der Waals surface area contributed by atoms with Gasteiger partial charge in [-0.05, 0) is 61.6 Å². The molecule has 1 atom stereocenters. The number of hydrogen-bond donors (Lipinski definition) is 2. The average molecular weight is 579 g/mol. The van der Waals surface area contributed by atoms with Crippen molar-refractivity contribution in [2.24, 2.45) is 5.92 Å². The lowest BCUT2D eigenvalue weighted by Crippen LogP contribution is -2.60. The molecule has 1 aliphatic heterocycles. The Labute approximate surface area is 231 Å². The van der Waals surface area contributed by atoms with Crippen LogP contribution in [-0.4, -0.2) is 41.4 Å². The highest BCUT2D eigenvalue weighted by molar-refractivity contribution is 7.91. The van der Waals surface area contributed by atoms with Crippen LogP contribution in [0, 0.1) is 5.92 Å². The van der Waals surface area contributed by atoms with Gasteiger partial charge in [0.1, 0.15) is 5.57 Å². The number of hydrogen-bond acceptors (Lipinski definition) is 5. The van der Waals surface area contributed by atoms with Gasteiger partial charge in [0.05, 0.1) is 10.9 Å². The molecule has 0 saturated heterocycles. The van der Waals surface area contributed by atoms with Gasteiger partial charge in [0.2, 0.25) is 10.0 Å². The van der Waals surface area contributed by atoms with Crippen molar-refractivity contribution < 1.29 is 31.2 Å². The van der Waals surface area contributed by atoms with Gasteiger partial charge in [0.25, 0.3) is 11.8 Å². The fourth-order valence-electron chi connectivity index (χ4n) is 5.13. The topological polar surface area (TPSA) is 110 Å². The summed E-state index contributed by atoms with van der Waals surface area (Å²) < 4.78 is 73.2.